The molecule has 0 aromatic heterocycles. The molecular formula is C9H16N2O2S. The van der Waals surface area contributed by atoms with Crippen LogP contribution < -0.4 is 10.6 Å². The minimum Gasteiger partial charge on any atom is -0.391 e. The number of hydrogen-bond donors (Lipinski definition) is 4. The highest BCUT2D eigenvalue weighted by atomic mass is 32.1. The van der Waals surface area contributed by atoms with E-state index in [1.165, 1.54) is 0 Å². The van der Waals surface area contributed by atoms with Gasteiger partial charge in [-0.25, -0.2) is 0 Å². The van der Waals surface area contributed by atoms with E-state index in [0.29, 0.717) is 11.8 Å². The zero-order chi connectivity index (χ0) is 10.1. The number of hydrogen-bond acceptors (Lipinski definition) is 4. The molecule has 0 unspecified atom stereocenters. The molecule has 80 valence electrons. The number of nitrogens with one attached hydrogen (secondary N) is 2. The monoisotopic (exact) mass is 216 g/mol. The van der Waals surface area contributed by atoms with Gasteiger partial charge < -0.3 is 15.7 Å². The van der Waals surface area contributed by atoms with Gasteiger partial charge in [-0.3, -0.25) is 4.79 Å². The van der Waals surface area contributed by atoms with E-state index >= 15 is 0 Å². The molecule has 1 amide bonds. The molecule has 14 heavy (non-hydrogen) atoms. The summed E-state index contributed by atoms with van der Waals surface area (Å²) in [5.74, 6) is -0.243. The first-order chi connectivity index (χ1) is 6.68. The van der Waals surface area contributed by atoms with Gasteiger partial charge in [0.05, 0.1) is 12.0 Å². The fraction of sp³-hybridized carbons (Fsp3) is 0.889. The van der Waals surface area contributed by atoms with Crippen LogP contribution in [0.2, 0.25) is 0 Å². The molecule has 2 rings (SSSR count). The van der Waals surface area contributed by atoms with Gasteiger partial charge in [0.15, 0.2) is 0 Å². The van der Waals surface area contributed by atoms with E-state index in [0.717, 1.165) is 19.4 Å². The number of thiol groups is 1. The number of rotatable bonds is 2. The highest BCUT2D eigenvalue weighted by Crippen LogP contribution is 2.23. The summed E-state index contributed by atoms with van der Waals surface area (Å²) < 4.78 is 0. The third kappa shape index (κ3) is 1.89. The van der Waals surface area contributed by atoms with Crippen LogP contribution in [0.5, 0.6) is 0 Å². The van der Waals surface area contributed by atoms with Crippen LogP contribution in [0.1, 0.15) is 12.8 Å². The normalized spacial score (nSPS) is 39.9. The molecule has 2 saturated heterocycles. The smallest absolute Gasteiger partial charge is 0.225 e. The summed E-state index contributed by atoms with van der Waals surface area (Å²) in [6.07, 6.45) is 1.03. The van der Waals surface area contributed by atoms with Crippen LogP contribution in [0.15, 0.2) is 0 Å². The van der Waals surface area contributed by atoms with Gasteiger partial charge >= 0.3 is 0 Å². The SMILES string of the molecule is O=C1NCC[C@H]1[C@@H](O)[C@@H]1C[C@H](S)CN1. The van der Waals surface area contributed by atoms with Gasteiger partial charge in [0.25, 0.3) is 0 Å². The summed E-state index contributed by atoms with van der Waals surface area (Å²) in [6, 6.07) is 0.0337. The summed E-state index contributed by atoms with van der Waals surface area (Å²) in [4.78, 5) is 11.3. The first kappa shape index (κ1) is 10.3. The number of aliphatic hydroxyl groups excluding tert-OH is 1. The fourth-order valence-corrected chi connectivity index (χ4v) is 2.56. The number of carbonyl (C=O) groups excluding carboxylic acids is 1. The number of amides is 1. The van der Waals surface area contributed by atoms with E-state index in [2.05, 4.69) is 23.3 Å². The molecule has 0 aliphatic carbocycles. The third-order valence-electron chi connectivity index (χ3n) is 3.06. The van der Waals surface area contributed by atoms with Crippen molar-refractivity contribution in [3.63, 3.8) is 0 Å². The van der Waals surface area contributed by atoms with Crippen molar-refractivity contribution in [1.29, 1.82) is 0 Å². The molecule has 3 N–H and O–H groups in total. The summed E-state index contributed by atoms with van der Waals surface area (Å²) >= 11 is 4.34. The molecule has 2 fully saturated rings. The molecule has 0 radical (unpaired) electrons. The predicted octanol–water partition coefficient (Wildman–Crippen LogP) is -0.856. The summed E-state index contributed by atoms with van der Waals surface area (Å²) in [5.41, 5.74) is 0. The van der Waals surface area contributed by atoms with E-state index in [1.807, 2.05) is 0 Å². The second-order valence-corrected chi connectivity index (χ2v) is 4.81. The first-order valence-corrected chi connectivity index (χ1v) is 5.57. The van der Waals surface area contributed by atoms with Crippen molar-refractivity contribution in [2.45, 2.75) is 30.2 Å². The summed E-state index contributed by atoms with van der Waals surface area (Å²) in [6.45, 7) is 1.51. The highest BCUT2D eigenvalue weighted by Gasteiger charge is 2.38. The van der Waals surface area contributed by atoms with E-state index < -0.39 is 6.10 Å². The Morgan fingerprint density at radius 3 is 2.86 bits per heavy atom. The fourth-order valence-electron chi connectivity index (χ4n) is 2.23. The van der Waals surface area contributed by atoms with Gasteiger partial charge in [-0.1, -0.05) is 0 Å². The lowest BCUT2D eigenvalue weighted by Gasteiger charge is -2.22. The maximum Gasteiger partial charge on any atom is 0.225 e. The average molecular weight is 216 g/mol. The van der Waals surface area contributed by atoms with Crippen molar-refractivity contribution < 1.29 is 9.90 Å². The molecule has 5 heteroatoms. The van der Waals surface area contributed by atoms with Crippen LogP contribution in [0.25, 0.3) is 0 Å². The minimum atomic E-state index is -0.561. The lowest BCUT2D eigenvalue weighted by Crippen LogP contribution is -2.42. The molecule has 2 heterocycles. The van der Waals surface area contributed by atoms with Crippen molar-refractivity contribution in [2.75, 3.05) is 13.1 Å². The van der Waals surface area contributed by atoms with Gasteiger partial charge in [0.1, 0.15) is 0 Å². The van der Waals surface area contributed by atoms with Gasteiger partial charge in [0.2, 0.25) is 5.91 Å². The maximum atomic E-state index is 11.3. The Kier molecular flexibility index (Phi) is 2.99. The maximum absolute atomic E-state index is 11.3. The first-order valence-electron chi connectivity index (χ1n) is 5.05. The highest BCUT2D eigenvalue weighted by molar-refractivity contribution is 7.81. The standard InChI is InChI=1S/C9H16N2O2S/c12-8(6-1-2-10-9(6)13)7-3-5(14)4-11-7/h5-8,11-12,14H,1-4H2,(H,10,13)/t5-,6-,7-,8+/m0/s1. The summed E-state index contributed by atoms with van der Waals surface area (Å²) in [7, 11) is 0. The molecule has 0 spiro atoms. The third-order valence-corrected chi connectivity index (χ3v) is 3.45. The van der Waals surface area contributed by atoms with E-state index in [1.54, 1.807) is 0 Å². The predicted molar refractivity (Wildman–Crippen MR) is 56.3 cm³/mol. The Bertz CT molecular complexity index is 237. The van der Waals surface area contributed by atoms with E-state index in [9.17, 15) is 9.90 Å². The molecular weight excluding hydrogens is 200 g/mol. The van der Waals surface area contributed by atoms with Gasteiger partial charge in [0, 0.05) is 24.4 Å². The van der Waals surface area contributed by atoms with Crippen LogP contribution >= 0.6 is 12.6 Å². The molecule has 0 aromatic carbocycles. The van der Waals surface area contributed by atoms with Gasteiger partial charge in [-0.05, 0) is 12.8 Å². The molecule has 2 aliphatic heterocycles. The van der Waals surface area contributed by atoms with E-state index in [-0.39, 0.29) is 17.9 Å². The van der Waals surface area contributed by atoms with Crippen LogP contribution in [-0.4, -0.2) is 41.5 Å². The van der Waals surface area contributed by atoms with Crippen molar-refractivity contribution in [3.05, 3.63) is 0 Å². The summed E-state index contributed by atoms with van der Waals surface area (Å²) in [5, 5.41) is 16.2. The Morgan fingerprint density at radius 2 is 2.36 bits per heavy atom. The van der Waals surface area contributed by atoms with E-state index in [4.69, 9.17) is 0 Å². The molecule has 2 aliphatic rings. The molecule has 0 saturated carbocycles. The van der Waals surface area contributed by atoms with Crippen molar-refractivity contribution >= 4 is 18.5 Å². The average Bonchev–Trinajstić information content (AvgIpc) is 2.73. The Labute approximate surface area is 88.9 Å². The lowest BCUT2D eigenvalue weighted by atomic mass is 9.94. The van der Waals surface area contributed by atoms with Crippen molar-refractivity contribution in [1.82, 2.24) is 10.6 Å². The van der Waals surface area contributed by atoms with Crippen LogP contribution in [0, 0.1) is 5.92 Å². The topological polar surface area (TPSA) is 61.4 Å². The van der Waals surface area contributed by atoms with Gasteiger partial charge in [-0.2, -0.15) is 12.6 Å². The molecule has 4 nitrogen and oxygen atoms in total. The molecule has 4 atom stereocenters. The lowest BCUT2D eigenvalue weighted by molar-refractivity contribution is -0.126. The van der Waals surface area contributed by atoms with Gasteiger partial charge in [-0.15, -0.1) is 0 Å². The van der Waals surface area contributed by atoms with Crippen molar-refractivity contribution in [2.24, 2.45) is 5.92 Å². The molecule has 0 aromatic rings. The van der Waals surface area contributed by atoms with Crippen LogP contribution in [0.4, 0.5) is 0 Å². The Hall–Kier alpha value is -0.260. The number of carbonyl (C=O) groups is 1. The quantitative estimate of drug-likeness (QED) is 0.454. The zero-order valence-corrected chi connectivity index (χ0v) is 8.83. The van der Waals surface area contributed by atoms with Crippen LogP contribution in [0.3, 0.4) is 0 Å². The second kappa shape index (κ2) is 4.08. The minimum absolute atomic E-state index is 0.0121. The van der Waals surface area contributed by atoms with Crippen LogP contribution in [-0.2, 0) is 4.79 Å². The molecule has 0 bridgehead atoms. The zero-order valence-electron chi connectivity index (χ0n) is 7.94. The second-order valence-electron chi connectivity index (χ2n) is 4.08. The van der Waals surface area contributed by atoms with Crippen molar-refractivity contribution in [3.8, 4) is 0 Å². The Morgan fingerprint density at radius 1 is 1.57 bits per heavy atom. The number of aliphatic hydroxyl groups is 1. The Balaban J connectivity index is 1.94. The largest absolute Gasteiger partial charge is 0.391 e.